The zero-order chi connectivity index (χ0) is 31.3. The van der Waals surface area contributed by atoms with E-state index in [1.165, 1.54) is 6.08 Å². The van der Waals surface area contributed by atoms with Crippen LogP contribution in [0.25, 0.3) is 0 Å². The Labute approximate surface area is 248 Å². The van der Waals surface area contributed by atoms with Gasteiger partial charge in [0.25, 0.3) is 0 Å². The Bertz CT molecular complexity index is 1040. The quantitative estimate of drug-likeness (QED) is 0.0407. The Balaban J connectivity index is 3.45. The Hall–Kier alpha value is -1.94. The van der Waals surface area contributed by atoms with E-state index >= 15 is 0 Å². The number of hydrogen-bond donors (Lipinski definition) is 0. The average molecular weight is 615 g/mol. The zero-order valence-corrected chi connectivity index (χ0v) is 28.7. The summed E-state index contributed by atoms with van der Waals surface area (Å²) in [5, 5.41) is -0.153. The first-order chi connectivity index (χ1) is 19.1. The highest BCUT2D eigenvalue weighted by atomic mass is 31.2. The van der Waals surface area contributed by atoms with Crippen molar-refractivity contribution in [3.8, 4) is 5.75 Å². The molecule has 0 unspecified atom stereocenters. The third-order valence-corrected chi connectivity index (χ3v) is 12.8. The van der Waals surface area contributed by atoms with Crippen LogP contribution in [-0.4, -0.2) is 53.9 Å². The van der Waals surface area contributed by atoms with Crippen LogP contribution in [-0.2, 0) is 43.4 Å². The topological polar surface area (TPSA) is 98.8 Å². The monoisotopic (exact) mass is 614 g/mol. The number of benzene rings is 1. The lowest BCUT2D eigenvalue weighted by atomic mass is 10.0. The van der Waals surface area contributed by atoms with Crippen LogP contribution in [0.4, 0.5) is 0 Å². The van der Waals surface area contributed by atoms with Crippen LogP contribution in [0.2, 0.25) is 18.1 Å². The van der Waals surface area contributed by atoms with Gasteiger partial charge in [-0.2, -0.15) is 0 Å². The third-order valence-electron chi connectivity index (χ3n) is 6.74. The van der Waals surface area contributed by atoms with Gasteiger partial charge in [0.05, 0.1) is 46.2 Å². The summed E-state index contributed by atoms with van der Waals surface area (Å²) in [4.78, 5) is 12.7. The summed E-state index contributed by atoms with van der Waals surface area (Å²) in [7, 11) is -4.84. The van der Waals surface area contributed by atoms with E-state index in [2.05, 4.69) is 33.9 Å². The first-order valence-electron chi connectivity index (χ1n) is 14.1. The number of phosphoric acid groups is 1. The van der Waals surface area contributed by atoms with Gasteiger partial charge < -0.3 is 23.2 Å². The van der Waals surface area contributed by atoms with E-state index in [1.54, 1.807) is 27.9 Å². The largest absolute Gasteiger partial charge is 0.529 e. The summed E-state index contributed by atoms with van der Waals surface area (Å²) in [5.41, 5.74) is 3.01. The number of allylic oxidation sites excluding steroid dienone is 1. The molecule has 0 saturated carbocycles. The second-order valence-corrected chi connectivity index (χ2v) is 17.5. The molecule has 1 rings (SSSR count). The molecule has 0 N–H and O–H groups in total. The van der Waals surface area contributed by atoms with Crippen molar-refractivity contribution in [2.24, 2.45) is 0 Å². The van der Waals surface area contributed by atoms with Gasteiger partial charge in [0, 0.05) is 6.42 Å². The molecule has 0 radical (unpaired) electrons. The fourth-order valence-corrected chi connectivity index (χ4v) is 5.90. The van der Waals surface area contributed by atoms with Crippen LogP contribution < -0.4 is 4.74 Å². The smallest absolute Gasteiger partial charge is 0.497 e. The molecular weight excluding hydrogens is 563 g/mol. The van der Waals surface area contributed by atoms with Crippen LogP contribution in [0, 0.1) is 0 Å². The standard InChI is InChI=1S/C30H51O9PSi/c1-12-35-29(31)20-27(38-40(32,36-13-2)37-14-3)28(39-41(10,11)30(6,7)8)19-25(23(4)5)22-34-21-24-15-17-26(33-9)18-16-24/h15-18,20,28H,12-14,19,21-22H2,1-11H3/b27-20-/t28-/m0/s1. The van der Waals surface area contributed by atoms with E-state index in [1.807, 2.05) is 38.1 Å². The summed E-state index contributed by atoms with van der Waals surface area (Å²) >= 11 is 0. The van der Waals surface area contributed by atoms with Crippen molar-refractivity contribution in [1.82, 2.24) is 0 Å². The third kappa shape index (κ3) is 12.8. The van der Waals surface area contributed by atoms with Crippen LogP contribution in [0.1, 0.15) is 67.4 Å². The second kappa shape index (κ2) is 17.2. The molecular formula is C30H51O9PSi. The minimum absolute atomic E-state index is 0.0346. The molecule has 0 bridgehead atoms. The van der Waals surface area contributed by atoms with E-state index in [9.17, 15) is 9.36 Å². The Kier molecular flexibility index (Phi) is 15.6. The number of rotatable bonds is 18. The Morgan fingerprint density at radius 2 is 1.59 bits per heavy atom. The Morgan fingerprint density at radius 3 is 2.05 bits per heavy atom. The summed E-state index contributed by atoms with van der Waals surface area (Å²) in [6.07, 6.45) is 0.748. The summed E-state index contributed by atoms with van der Waals surface area (Å²) in [6, 6.07) is 7.69. The van der Waals surface area contributed by atoms with E-state index in [4.69, 9.17) is 32.2 Å². The van der Waals surface area contributed by atoms with Gasteiger partial charge >= 0.3 is 13.8 Å². The molecule has 41 heavy (non-hydrogen) atoms. The normalized spacial score (nSPS) is 13.5. The predicted molar refractivity (Wildman–Crippen MR) is 164 cm³/mol. The number of carbonyl (C=O) groups excluding carboxylic acids is 1. The lowest BCUT2D eigenvalue weighted by Gasteiger charge is -2.40. The number of methoxy groups -OCH3 is 1. The molecule has 0 heterocycles. The molecule has 234 valence electrons. The maximum absolute atomic E-state index is 13.5. The maximum Gasteiger partial charge on any atom is 0.529 e. The molecule has 9 nitrogen and oxygen atoms in total. The van der Waals surface area contributed by atoms with Crippen molar-refractivity contribution in [2.45, 2.75) is 92.7 Å². The minimum Gasteiger partial charge on any atom is -0.497 e. The molecule has 0 fully saturated rings. The van der Waals surface area contributed by atoms with Gasteiger partial charge in [0.1, 0.15) is 17.6 Å². The highest BCUT2D eigenvalue weighted by molar-refractivity contribution is 7.48. The fourth-order valence-electron chi connectivity index (χ4n) is 3.39. The molecule has 0 aliphatic heterocycles. The molecule has 1 aromatic carbocycles. The van der Waals surface area contributed by atoms with E-state index in [0.29, 0.717) is 19.6 Å². The number of hydrogen-bond acceptors (Lipinski definition) is 9. The van der Waals surface area contributed by atoms with Gasteiger partial charge in [-0.15, -0.1) is 0 Å². The van der Waals surface area contributed by atoms with Gasteiger partial charge in [-0.1, -0.05) is 38.5 Å². The summed E-state index contributed by atoms with van der Waals surface area (Å²) < 4.78 is 53.5. The number of esters is 1. The first kappa shape index (κ1) is 37.1. The lowest BCUT2D eigenvalue weighted by Crippen LogP contribution is -2.45. The van der Waals surface area contributed by atoms with Crippen LogP contribution in [0.5, 0.6) is 5.75 Å². The minimum atomic E-state index is -4.04. The molecule has 0 spiro atoms. The molecule has 1 aromatic rings. The first-order valence-corrected chi connectivity index (χ1v) is 18.5. The van der Waals surface area contributed by atoms with Crippen molar-refractivity contribution in [3.63, 3.8) is 0 Å². The van der Waals surface area contributed by atoms with Crippen molar-refractivity contribution in [2.75, 3.05) is 33.5 Å². The van der Waals surface area contributed by atoms with Crippen LogP contribution >= 0.6 is 7.82 Å². The highest BCUT2D eigenvalue weighted by Crippen LogP contribution is 2.52. The van der Waals surface area contributed by atoms with Crippen molar-refractivity contribution >= 4 is 22.1 Å². The molecule has 0 aliphatic carbocycles. The molecule has 0 aliphatic rings. The molecule has 1 atom stereocenters. The SMILES string of the molecule is CCOC(=O)/C=C(\OP(=O)(OCC)OCC)[C@H](CC(COCc1ccc(OC)cc1)=C(C)C)O[Si](C)(C)C(C)(C)C. The molecule has 0 amide bonds. The van der Waals surface area contributed by atoms with E-state index in [-0.39, 0.29) is 30.6 Å². The maximum atomic E-state index is 13.5. The van der Waals surface area contributed by atoms with Gasteiger partial charge in [0.15, 0.2) is 8.32 Å². The Morgan fingerprint density at radius 1 is 1.00 bits per heavy atom. The number of phosphoric ester groups is 1. The summed E-state index contributed by atoms with van der Waals surface area (Å²) in [5.74, 6) is 0.175. The van der Waals surface area contributed by atoms with Crippen LogP contribution in [0.15, 0.2) is 47.2 Å². The lowest BCUT2D eigenvalue weighted by molar-refractivity contribution is -0.137. The van der Waals surface area contributed by atoms with Crippen molar-refractivity contribution < 1.29 is 41.6 Å². The fraction of sp³-hybridized carbons (Fsp3) is 0.633. The highest BCUT2D eigenvalue weighted by Gasteiger charge is 2.42. The predicted octanol–water partition coefficient (Wildman–Crippen LogP) is 7.97. The zero-order valence-electron chi connectivity index (χ0n) is 26.8. The van der Waals surface area contributed by atoms with Gasteiger partial charge in [-0.05, 0) is 76.0 Å². The number of carbonyl (C=O) groups is 1. The second-order valence-electron chi connectivity index (χ2n) is 11.2. The summed E-state index contributed by atoms with van der Waals surface area (Å²) in [6.45, 7) is 20.7. The average Bonchev–Trinajstić information content (AvgIpc) is 2.87. The van der Waals surface area contributed by atoms with Crippen LogP contribution in [0.3, 0.4) is 0 Å². The molecule has 0 saturated heterocycles. The van der Waals surface area contributed by atoms with E-state index < -0.39 is 28.2 Å². The molecule has 0 aromatic heterocycles. The van der Waals surface area contributed by atoms with Gasteiger partial charge in [0.2, 0.25) is 0 Å². The van der Waals surface area contributed by atoms with E-state index in [0.717, 1.165) is 22.5 Å². The van der Waals surface area contributed by atoms with Crippen molar-refractivity contribution in [3.05, 3.63) is 52.8 Å². The van der Waals surface area contributed by atoms with Crippen molar-refractivity contribution in [1.29, 1.82) is 0 Å². The number of ether oxygens (including phenoxy) is 3. The van der Waals surface area contributed by atoms with Gasteiger partial charge in [-0.25, -0.2) is 9.36 Å². The van der Waals surface area contributed by atoms with Gasteiger partial charge in [-0.3, -0.25) is 9.05 Å². The molecule has 11 heteroatoms.